The molecule has 0 aliphatic carbocycles. The van der Waals surface area contributed by atoms with Crippen LogP contribution >= 0.6 is 27.7 Å². The van der Waals surface area contributed by atoms with Gasteiger partial charge in [-0.05, 0) is 42.3 Å². The van der Waals surface area contributed by atoms with Gasteiger partial charge in [0.25, 0.3) is 0 Å². The zero-order valence-corrected chi connectivity index (χ0v) is 12.3. The zero-order valence-electron chi connectivity index (χ0n) is 9.90. The van der Waals surface area contributed by atoms with Gasteiger partial charge >= 0.3 is 0 Å². The molecular weight excluding hydrogens is 306 g/mol. The largest absolute Gasteiger partial charge is 0.378 e. The van der Waals surface area contributed by atoms with Crippen molar-refractivity contribution in [2.45, 2.75) is 17.4 Å². The molecule has 1 N–H and O–H groups in total. The zero-order chi connectivity index (χ0) is 12.4. The second kappa shape index (κ2) is 5.37. The summed E-state index contributed by atoms with van der Waals surface area (Å²) in [6, 6.07) is 17.5. The van der Waals surface area contributed by atoms with E-state index in [1.54, 1.807) is 0 Å². The second-order valence-corrected chi connectivity index (χ2v) is 6.43. The maximum absolute atomic E-state index is 3.63. The molecule has 3 heteroatoms. The molecule has 0 amide bonds. The topological polar surface area (TPSA) is 12.0 Å². The summed E-state index contributed by atoms with van der Waals surface area (Å²) in [6.45, 7) is 0. The van der Waals surface area contributed by atoms with Crippen molar-refractivity contribution in [2.75, 3.05) is 11.1 Å². The fourth-order valence-electron chi connectivity index (χ4n) is 2.24. The van der Waals surface area contributed by atoms with Crippen molar-refractivity contribution in [3.05, 3.63) is 58.6 Å². The van der Waals surface area contributed by atoms with Crippen LogP contribution in [0.15, 0.2) is 57.9 Å². The van der Waals surface area contributed by atoms with Crippen molar-refractivity contribution >= 4 is 33.4 Å². The number of halogens is 1. The Morgan fingerprint density at radius 2 is 1.83 bits per heavy atom. The monoisotopic (exact) mass is 319 g/mol. The van der Waals surface area contributed by atoms with Crippen LogP contribution in [0.5, 0.6) is 0 Å². The summed E-state index contributed by atoms with van der Waals surface area (Å²) < 4.78 is 1.12. The third kappa shape index (κ3) is 2.57. The van der Waals surface area contributed by atoms with E-state index in [4.69, 9.17) is 0 Å². The molecule has 0 aromatic heterocycles. The van der Waals surface area contributed by atoms with Crippen LogP contribution in [0.1, 0.15) is 18.0 Å². The van der Waals surface area contributed by atoms with E-state index in [0.29, 0.717) is 6.04 Å². The Hall–Kier alpha value is -0.930. The minimum Gasteiger partial charge on any atom is -0.378 e. The highest BCUT2D eigenvalue weighted by Crippen LogP contribution is 2.37. The molecule has 18 heavy (non-hydrogen) atoms. The maximum Gasteiger partial charge on any atom is 0.0532 e. The van der Waals surface area contributed by atoms with Crippen molar-refractivity contribution in [3.63, 3.8) is 0 Å². The number of anilines is 1. The minimum atomic E-state index is 0.434. The Kier molecular flexibility index (Phi) is 3.62. The summed E-state index contributed by atoms with van der Waals surface area (Å²) in [7, 11) is 0. The van der Waals surface area contributed by atoms with Gasteiger partial charge in [-0.3, -0.25) is 0 Å². The van der Waals surface area contributed by atoms with Crippen LogP contribution in [-0.2, 0) is 0 Å². The van der Waals surface area contributed by atoms with E-state index < -0.39 is 0 Å². The van der Waals surface area contributed by atoms with Crippen molar-refractivity contribution in [1.29, 1.82) is 0 Å². The fraction of sp³-hybridized carbons (Fsp3) is 0.200. The lowest BCUT2D eigenvalue weighted by Gasteiger charge is -2.26. The van der Waals surface area contributed by atoms with E-state index >= 15 is 0 Å². The molecule has 2 aromatic rings. The third-order valence-corrected chi connectivity index (χ3v) is 4.79. The van der Waals surface area contributed by atoms with Crippen LogP contribution in [0.25, 0.3) is 0 Å². The molecule has 1 nitrogen and oxygen atoms in total. The Bertz CT molecular complexity index is 538. The lowest BCUT2D eigenvalue weighted by Crippen LogP contribution is -2.15. The first kappa shape index (κ1) is 12.1. The van der Waals surface area contributed by atoms with Crippen LogP contribution < -0.4 is 5.32 Å². The quantitative estimate of drug-likeness (QED) is 0.826. The molecule has 1 aliphatic rings. The normalized spacial score (nSPS) is 18.2. The van der Waals surface area contributed by atoms with Crippen molar-refractivity contribution in [1.82, 2.24) is 0 Å². The molecule has 2 aromatic carbocycles. The molecule has 1 unspecified atom stereocenters. The summed E-state index contributed by atoms with van der Waals surface area (Å²) in [5, 5.41) is 3.63. The highest BCUT2D eigenvalue weighted by Gasteiger charge is 2.19. The van der Waals surface area contributed by atoms with E-state index in [2.05, 4.69) is 69.8 Å². The van der Waals surface area contributed by atoms with Gasteiger partial charge in [0.15, 0.2) is 0 Å². The molecule has 0 saturated heterocycles. The molecule has 0 bridgehead atoms. The Balaban J connectivity index is 1.84. The van der Waals surface area contributed by atoms with Crippen LogP contribution in [0.2, 0.25) is 0 Å². The van der Waals surface area contributed by atoms with Gasteiger partial charge in [-0.15, -0.1) is 11.8 Å². The molecule has 92 valence electrons. The Labute approximate surface area is 120 Å². The van der Waals surface area contributed by atoms with E-state index in [1.807, 2.05) is 11.8 Å². The summed E-state index contributed by atoms with van der Waals surface area (Å²) >= 11 is 5.42. The first-order chi connectivity index (χ1) is 8.83. The van der Waals surface area contributed by atoms with Gasteiger partial charge in [0.2, 0.25) is 0 Å². The maximum atomic E-state index is 3.63. The number of benzene rings is 2. The first-order valence-corrected chi connectivity index (χ1v) is 7.84. The van der Waals surface area contributed by atoms with Gasteiger partial charge in [0.1, 0.15) is 0 Å². The number of hydrogen-bond acceptors (Lipinski definition) is 2. The van der Waals surface area contributed by atoms with Gasteiger partial charge in [0, 0.05) is 20.8 Å². The van der Waals surface area contributed by atoms with Crippen LogP contribution in [0.4, 0.5) is 5.69 Å². The van der Waals surface area contributed by atoms with Crippen molar-refractivity contribution in [3.8, 4) is 0 Å². The molecule has 1 aliphatic heterocycles. The number of nitrogens with one attached hydrogen (secondary N) is 1. The van der Waals surface area contributed by atoms with Gasteiger partial charge < -0.3 is 5.32 Å². The average Bonchev–Trinajstić information content (AvgIpc) is 2.42. The number of hydrogen-bond donors (Lipinski definition) is 1. The molecule has 0 saturated carbocycles. The van der Waals surface area contributed by atoms with E-state index in [1.165, 1.54) is 28.3 Å². The fourth-order valence-corrected chi connectivity index (χ4v) is 3.63. The Morgan fingerprint density at radius 1 is 1.06 bits per heavy atom. The minimum absolute atomic E-state index is 0.434. The van der Waals surface area contributed by atoms with Crippen molar-refractivity contribution < 1.29 is 0 Å². The van der Waals surface area contributed by atoms with Crippen LogP contribution in [0, 0.1) is 0 Å². The average molecular weight is 320 g/mol. The second-order valence-electron chi connectivity index (χ2n) is 4.38. The molecule has 1 atom stereocenters. The summed E-state index contributed by atoms with van der Waals surface area (Å²) in [5.74, 6) is 1.19. The number of rotatable bonds is 2. The highest BCUT2D eigenvalue weighted by atomic mass is 79.9. The van der Waals surface area contributed by atoms with Gasteiger partial charge in [0.05, 0.1) is 6.04 Å². The molecule has 0 radical (unpaired) electrons. The molecular formula is C15H14BrNS. The van der Waals surface area contributed by atoms with E-state index in [-0.39, 0.29) is 0 Å². The summed E-state index contributed by atoms with van der Waals surface area (Å²) in [4.78, 5) is 1.42. The predicted octanol–water partition coefficient (Wildman–Crippen LogP) is 5.10. The molecule has 0 spiro atoms. The molecule has 3 rings (SSSR count). The van der Waals surface area contributed by atoms with Crippen molar-refractivity contribution in [2.24, 2.45) is 0 Å². The SMILES string of the molecule is Brc1ccc(NC2CCSc3ccccc32)cc1. The van der Waals surface area contributed by atoms with Gasteiger partial charge in [-0.25, -0.2) is 0 Å². The standard InChI is InChI=1S/C15H14BrNS/c16-11-5-7-12(8-6-11)17-14-9-10-18-15-4-2-1-3-13(14)15/h1-8,14,17H,9-10H2. The number of fused-ring (bicyclic) bond motifs is 1. The first-order valence-electron chi connectivity index (χ1n) is 6.07. The molecule has 0 fully saturated rings. The van der Waals surface area contributed by atoms with E-state index in [0.717, 1.165) is 4.47 Å². The third-order valence-electron chi connectivity index (χ3n) is 3.14. The summed E-state index contributed by atoms with van der Waals surface area (Å²) in [6.07, 6.45) is 1.18. The lowest BCUT2D eigenvalue weighted by molar-refractivity contribution is 0.728. The number of thioether (sulfide) groups is 1. The van der Waals surface area contributed by atoms with Gasteiger partial charge in [-0.2, -0.15) is 0 Å². The summed E-state index contributed by atoms with van der Waals surface area (Å²) in [5.41, 5.74) is 2.61. The van der Waals surface area contributed by atoms with Gasteiger partial charge in [-0.1, -0.05) is 34.1 Å². The van der Waals surface area contributed by atoms with Crippen LogP contribution in [0.3, 0.4) is 0 Å². The van der Waals surface area contributed by atoms with Crippen LogP contribution in [-0.4, -0.2) is 5.75 Å². The van der Waals surface area contributed by atoms with E-state index in [9.17, 15) is 0 Å². The highest BCUT2D eigenvalue weighted by molar-refractivity contribution is 9.10. The molecule has 1 heterocycles. The predicted molar refractivity (Wildman–Crippen MR) is 82.3 cm³/mol. The smallest absolute Gasteiger partial charge is 0.0532 e. The lowest BCUT2D eigenvalue weighted by atomic mass is 10.0. The Morgan fingerprint density at radius 3 is 2.67 bits per heavy atom.